The molecule has 4 nitrogen and oxygen atoms in total. The fourth-order valence-corrected chi connectivity index (χ4v) is 3.95. The van der Waals surface area contributed by atoms with Gasteiger partial charge in [0.15, 0.2) is 5.82 Å². The van der Waals surface area contributed by atoms with Crippen molar-refractivity contribution in [1.82, 2.24) is 10.1 Å². The van der Waals surface area contributed by atoms with E-state index < -0.39 is 0 Å². The third-order valence-corrected chi connectivity index (χ3v) is 5.00. The maximum atomic E-state index is 5.42. The molecule has 0 spiro atoms. The zero-order chi connectivity index (χ0) is 14.1. The van der Waals surface area contributed by atoms with E-state index in [1.165, 1.54) is 25.7 Å². The molecule has 3 unspecified atom stereocenters. The maximum Gasteiger partial charge on any atom is 0.228 e. The van der Waals surface area contributed by atoms with Crippen LogP contribution in [0.25, 0.3) is 0 Å². The minimum Gasteiger partial charge on any atom is -0.385 e. The predicted octanol–water partition coefficient (Wildman–Crippen LogP) is 3.63. The van der Waals surface area contributed by atoms with Gasteiger partial charge in [-0.2, -0.15) is 4.98 Å². The predicted molar refractivity (Wildman–Crippen MR) is 81.1 cm³/mol. The highest BCUT2D eigenvalue weighted by Gasteiger charge is 2.42. The number of aromatic nitrogens is 2. The highest BCUT2D eigenvalue weighted by atomic mass is 16.5. The highest BCUT2D eigenvalue weighted by molar-refractivity contribution is 5.42. The van der Waals surface area contributed by atoms with Gasteiger partial charge >= 0.3 is 0 Å². The number of anilines is 1. The Hall–Kier alpha value is -1.84. The molecular formula is C17H21N3O. The molecule has 2 fully saturated rings. The molecular weight excluding hydrogens is 262 g/mol. The lowest BCUT2D eigenvalue weighted by Gasteiger charge is -2.17. The molecule has 2 aromatic rings. The first-order valence-electron chi connectivity index (χ1n) is 8.00. The molecule has 0 amide bonds. The lowest BCUT2D eigenvalue weighted by atomic mass is 9.88. The molecule has 2 aliphatic carbocycles. The van der Waals surface area contributed by atoms with Crippen LogP contribution >= 0.6 is 0 Å². The first kappa shape index (κ1) is 12.9. The van der Waals surface area contributed by atoms with Crippen LogP contribution in [0.2, 0.25) is 0 Å². The monoisotopic (exact) mass is 283 g/mol. The summed E-state index contributed by atoms with van der Waals surface area (Å²) in [7, 11) is 0. The van der Waals surface area contributed by atoms with Crippen molar-refractivity contribution < 1.29 is 4.52 Å². The SMILES string of the molecule is c1ccc(NCCc2nc(C3CC4CCC3C4)no2)cc1. The lowest BCUT2D eigenvalue weighted by molar-refractivity contribution is 0.353. The molecule has 1 heterocycles. The Kier molecular flexibility index (Phi) is 3.37. The van der Waals surface area contributed by atoms with E-state index in [2.05, 4.69) is 27.6 Å². The number of nitrogens with one attached hydrogen (secondary N) is 1. The Bertz CT molecular complexity index is 595. The van der Waals surface area contributed by atoms with Gasteiger partial charge in [0.25, 0.3) is 0 Å². The van der Waals surface area contributed by atoms with Gasteiger partial charge in [-0.1, -0.05) is 29.8 Å². The second-order valence-corrected chi connectivity index (χ2v) is 6.37. The molecule has 1 aromatic carbocycles. The maximum absolute atomic E-state index is 5.42. The Labute approximate surface area is 124 Å². The molecule has 2 bridgehead atoms. The van der Waals surface area contributed by atoms with E-state index in [9.17, 15) is 0 Å². The van der Waals surface area contributed by atoms with Gasteiger partial charge in [0.2, 0.25) is 5.89 Å². The van der Waals surface area contributed by atoms with Crippen molar-refractivity contribution >= 4 is 5.69 Å². The van der Waals surface area contributed by atoms with Crippen LogP contribution in [0.1, 0.15) is 43.3 Å². The first-order chi connectivity index (χ1) is 10.4. The van der Waals surface area contributed by atoms with Crippen molar-refractivity contribution in [1.29, 1.82) is 0 Å². The summed E-state index contributed by atoms with van der Waals surface area (Å²) in [6.45, 7) is 0.822. The van der Waals surface area contributed by atoms with Crippen LogP contribution in [0.3, 0.4) is 0 Å². The second kappa shape index (κ2) is 5.51. The van der Waals surface area contributed by atoms with Gasteiger partial charge in [-0.3, -0.25) is 0 Å². The molecule has 2 aliphatic rings. The topological polar surface area (TPSA) is 51.0 Å². The van der Waals surface area contributed by atoms with Crippen LogP contribution in [0.15, 0.2) is 34.9 Å². The van der Waals surface area contributed by atoms with E-state index in [1.54, 1.807) is 0 Å². The van der Waals surface area contributed by atoms with Crippen LogP contribution in [0, 0.1) is 11.8 Å². The Morgan fingerprint density at radius 3 is 2.81 bits per heavy atom. The van der Waals surface area contributed by atoms with Crippen LogP contribution in [0.5, 0.6) is 0 Å². The third kappa shape index (κ3) is 2.67. The third-order valence-electron chi connectivity index (χ3n) is 5.00. The summed E-state index contributed by atoms with van der Waals surface area (Å²) in [6.07, 6.45) is 6.19. The molecule has 4 heteroatoms. The number of rotatable bonds is 5. The smallest absolute Gasteiger partial charge is 0.228 e. The molecule has 110 valence electrons. The number of hydrogen-bond acceptors (Lipinski definition) is 4. The van der Waals surface area contributed by atoms with E-state index in [-0.39, 0.29) is 0 Å². The van der Waals surface area contributed by atoms with Crippen molar-refractivity contribution in [3.05, 3.63) is 42.0 Å². The summed E-state index contributed by atoms with van der Waals surface area (Å²) in [6, 6.07) is 10.2. The van der Waals surface area contributed by atoms with Crippen LogP contribution in [-0.4, -0.2) is 16.7 Å². The van der Waals surface area contributed by atoms with E-state index in [0.29, 0.717) is 5.92 Å². The quantitative estimate of drug-likeness (QED) is 0.910. The Morgan fingerprint density at radius 1 is 1.14 bits per heavy atom. The van der Waals surface area contributed by atoms with Crippen LogP contribution in [-0.2, 0) is 6.42 Å². The summed E-state index contributed by atoms with van der Waals surface area (Å²) < 4.78 is 5.42. The van der Waals surface area contributed by atoms with Crippen molar-refractivity contribution in [2.75, 3.05) is 11.9 Å². The number of para-hydroxylation sites is 1. The van der Waals surface area contributed by atoms with E-state index in [0.717, 1.165) is 42.2 Å². The average Bonchev–Trinajstić information content (AvgIpc) is 3.24. The summed E-state index contributed by atoms with van der Waals surface area (Å²) >= 11 is 0. The van der Waals surface area contributed by atoms with E-state index in [1.807, 2.05) is 18.2 Å². The van der Waals surface area contributed by atoms with Crippen molar-refractivity contribution in [2.24, 2.45) is 11.8 Å². The molecule has 0 radical (unpaired) electrons. The fourth-order valence-electron chi connectivity index (χ4n) is 3.95. The molecule has 4 rings (SSSR count). The number of benzene rings is 1. The fraction of sp³-hybridized carbons (Fsp3) is 0.529. The van der Waals surface area contributed by atoms with Crippen LogP contribution in [0.4, 0.5) is 5.69 Å². The largest absolute Gasteiger partial charge is 0.385 e. The van der Waals surface area contributed by atoms with Gasteiger partial charge < -0.3 is 9.84 Å². The molecule has 2 saturated carbocycles. The zero-order valence-corrected chi connectivity index (χ0v) is 12.2. The van der Waals surface area contributed by atoms with Gasteiger partial charge in [-0.15, -0.1) is 0 Å². The normalized spacial score (nSPS) is 27.1. The lowest BCUT2D eigenvalue weighted by Crippen LogP contribution is -2.10. The molecule has 3 atom stereocenters. The summed E-state index contributed by atoms with van der Waals surface area (Å²) in [5, 5.41) is 7.60. The molecule has 21 heavy (non-hydrogen) atoms. The Balaban J connectivity index is 1.33. The van der Waals surface area contributed by atoms with E-state index in [4.69, 9.17) is 4.52 Å². The zero-order valence-electron chi connectivity index (χ0n) is 12.2. The van der Waals surface area contributed by atoms with Gasteiger partial charge in [-0.05, 0) is 43.2 Å². The minimum absolute atomic E-state index is 0.559. The number of hydrogen-bond donors (Lipinski definition) is 1. The van der Waals surface area contributed by atoms with Crippen molar-refractivity contribution in [3.8, 4) is 0 Å². The molecule has 0 aliphatic heterocycles. The second-order valence-electron chi connectivity index (χ2n) is 6.37. The standard InChI is InChI=1S/C17H21N3O/c1-2-4-14(5-3-1)18-9-8-16-19-17(20-21-16)15-11-12-6-7-13(15)10-12/h1-5,12-13,15,18H,6-11H2. The van der Waals surface area contributed by atoms with Gasteiger partial charge in [0.05, 0.1) is 0 Å². The van der Waals surface area contributed by atoms with Crippen LogP contribution < -0.4 is 5.32 Å². The van der Waals surface area contributed by atoms with Gasteiger partial charge in [0.1, 0.15) is 0 Å². The minimum atomic E-state index is 0.559. The molecule has 1 N–H and O–H groups in total. The highest BCUT2D eigenvalue weighted by Crippen LogP contribution is 2.52. The average molecular weight is 283 g/mol. The first-order valence-corrected chi connectivity index (χ1v) is 8.00. The number of nitrogens with zero attached hydrogens (tertiary/aromatic N) is 2. The summed E-state index contributed by atoms with van der Waals surface area (Å²) in [4.78, 5) is 4.62. The van der Waals surface area contributed by atoms with E-state index >= 15 is 0 Å². The van der Waals surface area contributed by atoms with Crippen molar-refractivity contribution in [2.45, 2.75) is 38.0 Å². The summed E-state index contributed by atoms with van der Waals surface area (Å²) in [5.41, 5.74) is 1.13. The Morgan fingerprint density at radius 2 is 2.05 bits per heavy atom. The molecule has 1 aromatic heterocycles. The number of fused-ring (bicyclic) bond motifs is 2. The summed E-state index contributed by atoms with van der Waals surface area (Å²) in [5.74, 6) is 4.00. The van der Waals surface area contributed by atoms with Gasteiger partial charge in [-0.25, -0.2) is 0 Å². The molecule has 0 saturated heterocycles. The van der Waals surface area contributed by atoms with Crippen molar-refractivity contribution in [3.63, 3.8) is 0 Å². The van der Waals surface area contributed by atoms with Gasteiger partial charge in [0, 0.05) is 24.6 Å².